The normalized spacial score (nSPS) is 10.7. The number of halogens is 2. The Labute approximate surface area is 270 Å². The third-order valence-corrected chi connectivity index (χ3v) is 6.30. The Bertz CT molecular complexity index is 1700. The number of benzene rings is 2. The van der Waals surface area contributed by atoms with Crippen LogP contribution in [0.4, 0.5) is 11.4 Å². The molecule has 2 aromatic heterocycles. The molecule has 4 rings (SSSR count). The number of hydrogen-bond donors (Lipinski definition) is 2. The Hall–Kier alpha value is -5.13. The summed E-state index contributed by atoms with van der Waals surface area (Å²) in [4.78, 5) is 50.7. The average Bonchev–Trinajstić information content (AvgIpc) is 3.01. The van der Waals surface area contributed by atoms with Gasteiger partial charge in [0.25, 0.3) is 0 Å². The first-order valence-corrected chi connectivity index (χ1v) is 14.3. The van der Waals surface area contributed by atoms with Gasteiger partial charge in [-0.05, 0) is 61.4 Å². The quantitative estimate of drug-likeness (QED) is 0.120. The number of esters is 2. The molecule has 13 heteroatoms. The summed E-state index contributed by atoms with van der Waals surface area (Å²) < 4.78 is 9.69. The fourth-order valence-corrected chi connectivity index (χ4v) is 4.27. The smallest absolute Gasteiger partial charge is 0.330 e. The number of hydrogen-bond acceptors (Lipinski definition) is 10. The lowest BCUT2D eigenvalue weighted by Crippen LogP contribution is -2.07. The van der Waals surface area contributed by atoms with E-state index in [1.54, 1.807) is 87.4 Å². The number of anilines is 2. The van der Waals surface area contributed by atoms with Crippen molar-refractivity contribution in [3.8, 4) is 22.5 Å². The van der Waals surface area contributed by atoms with Gasteiger partial charge in [0.15, 0.2) is 0 Å². The highest BCUT2D eigenvalue weighted by Crippen LogP contribution is 2.33. The molecule has 0 aliphatic carbocycles. The molecule has 0 saturated heterocycles. The van der Waals surface area contributed by atoms with Crippen LogP contribution in [0.2, 0.25) is 10.0 Å². The summed E-state index contributed by atoms with van der Waals surface area (Å²) in [6.45, 7) is 5.47. The molecule has 0 aliphatic rings. The van der Waals surface area contributed by atoms with Gasteiger partial charge in [-0.3, -0.25) is 24.7 Å². The molecular weight excluding hydrogens is 619 g/mol. The fourth-order valence-electron chi connectivity index (χ4n) is 3.74. The van der Waals surface area contributed by atoms with Crippen LogP contribution in [0.1, 0.15) is 31.9 Å². The summed E-state index contributed by atoms with van der Waals surface area (Å²) in [5.74, 6) is -1.14. The molecule has 2 aromatic carbocycles. The summed E-state index contributed by atoms with van der Waals surface area (Å²) in [7, 11) is 0. The summed E-state index contributed by atoms with van der Waals surface area (Å²) >= 11 is 12.5. The largest absolute Gasteiger partial charge is 0.463 e. The van der Waals surface area contributed by atoms with Crippen LogP contribution in [-0.4, -0.2) is 51.0 Å². The van der Waals surface area contributed by atoms with Crippen molar-refractivity contribution in [3.05, 3.63) is 94.8 Å². The lowest BCUT2D eigenvalue weighted by molar-refractivity contribution is -0.138. The molecule has 232 valence electrons. The molecular formula is C32H30Cl2N6O5. The van der Waals surface area contributed by atoms with E-state index in [9.17, 15) is 14.4 Å². The van der Waals surface area contributed by atoms with E-state index in [0.717, 1.165) is 0 Å². The van der Waals surface area contributed by atoms with Gasteiger partial charge in [0.1, 0.15) is 0 Å². The van der Waals surface area contributed by atoms with Gasteiger partial charge in [-0.15, -0.1) is 0 Å². The highest BCUT2D eigenvalue weighted by Gasteiger charge is 2.12. The Morgan fingerprint density at radius 2 is 1.27 bits per heavy atom. The molecule has 0 saturated carbocycles. The van der Waals surface area contributed by atoms with Gasteiger partial charge in [0, 0.05) is 66.4 Å². The van der Waals surface area contributed by atoms with Crippen LogP contribution in [-0.2, 0) is 23.9 Å². The number of rotatable bonds is 9. The molecule has 0 atom stereocenters. The van der Waals surface area contributed by atoms with Crippen LogP contribution < -0.4 is 11.1 Å². The summed E-state index contributed by atoms with van der Waals surface area (Å²) in [5, 5.41) is 3.57. The lowest BCUT2D eigenvalue weighted by Gasteiger charge is -2.11. The SMILES string of the molecule is CCOC(=O)/C=C/c1cc(-c2cnccn2)c(Cl)cc1N.CCOC(=O)/C=C/c1cc(-c2cnccn2)c(Cl)cc1NC(C)=O. The highest BCUT2D eigenvalue weighted by atomic mass is 35.5. The molecule has 2 heterocycles. The highest BCUT2D eigenvalue weighted by molar-refractivity contribution is 6.34. The zero-order valence-corrected chi connectivity index (χ0v) is 26.2. The van der Waals surface area contributed by atoms with Gasteiger partial charge >= 0.3 is 11.9 Å². The van der Waals surface area contributed by atoms with Gasteiger partial charge in [0.2, 0.25) is 5.91 Å². The second kappa shape index (κ2) is 17.2. The Morgan fingerprint density at radius 3 is 1.73 bits per heavy atom. The third kappa shape index (κ3) is 10.5. The minimum absolute atomic E-state index is 0.246. The minimum Gasteiger partial charge on any atom is -0.463 e. The van der Waals surface area contributed by atoms with Crippen LogP contribution in [0.15, 0.2) is 73.6 Å². The second-order valence-corrected chi connectivity index (χ2v) is 9.73. The fraction of sp³-hybridized carbons (Fsp3) is 0.156. The predicted octanol–water partition coefficient (Wildman–Crippen LogP) is 6.29. The maximum atomic E-state index is 11.5. The van der Waals surface area contributed by atoms with E-state index in [-0.39, 0.29) is 12.5 Å². The molecule has 0 bridgehead atoms. The van der Waals surface area contributed by atoms with Crippen molar-refractivity contribution in [2.24, 2.45) is 0 Å². The molecule has 4 aromatic rings. The maximum absolute atomic E-state index is 11.5. The van der Waals surface area contributed by atoms with Gasteiger partial charge in [-0.2, -0.15) is 0 Å². The van der Waals surface area contributed by atoms with Crippen LogP contribution in [0.25, 0.3) is 34.7 Å². The first kappa shape index (κ1) is 34.4. The van der Waals surface area contributed by atoms with Crippen molar-refractivity contribution in [3.63, 3.8) is 0 Å². The van der Waals surface area contributed by atoms with Crippen molar-refractivity contribution in [2.75, 3.05) is 24.3 Å². The predicted molar refractivity (Wildman–Crippen MR) is 175 cm³/mol. The zero-order chi connectivity index (χ0) is 32.8. The van der Waals surface area contributed by atoms with Gasteiger partial charge in [0.05, 0.1) is 47.0 Å². The van der Waals surface area contributed by atoms with E-state index in [1.165, 1.54) is 19.1 Å². The molecule has 0 fully saturated rings. The van der Waals surface area contributed by atoms with Crippen LogP contribution in [0.5, 0.6) is 0 Å². The molecule has 3 N–H and O–H groups in total. The van der Waals surface area contributed by atoms with E-state index in [0.29, 0.717) is 61.7 Å². The molecule has 0 spiro atoms. The summed E-state index contributed by atoms with van der Waals surface area (Å²) in [5.41, 5.74) is 10.7. The van der Waals surface area contributed by atoms with Crippen LogP contribution >= 0.6 is 23.2 Å². The van der Waals surface area contributed by atoms with Crippen LogP contribution in [0, 0.1) is 0 Å². The number of carbonyl (C=O) groups is 3. The molecule has 11 nitrogen and oxygen atoms in total. The Kier molecular flexibility index (Phi) is 13.2. The van der Waals surface area contributed by atoms with Gasteiger partial charge < -0.3 is 20.5 Å². The second-order valence-electron chi connectivity index (χ2n) is 8.91. The topological polar surface area (TPSA) is 159 Å². The third-order valence-electron chi connectivity index (χ3n) is 5.67. The first-order valence-electron chi connectivity index (χ1n) is 13.6. The van der Waals surface area contributed by atoms with Crippen molar-refractivity contribution in [1.29, 1.82) is 0 Å². The van der Waals surface area contributed by atoms with E-state index in [4.69, 9.17) is 38.4 Å². The summed E-state index contributed by atoms with van der Waals surface area (Å²) in [6, 6.07) is 6.72. The standard InChI is InChI=1S/C17H16ClN3O3.C15H14ClN3O2/c1-3-24-17(23)5-4-12-8-13(16-10-19-6-7-20-16)14(18)9-15(12)21-11(2)22;1-2-21-15(20)4-3-10-7-11(12(16)8-13(10)17)14-9-18-5-6-19-14/h4-10H,3H2,1-2H3,(H,21,22);3-9H,2,17H2,1H3/b5-4+;4-3+. The van der Waals surface area contributed by atoms with Crippen molar-refractivity contribution < 1.29 is 23.9 Å². The van der Waals surface area contributed by atoms with E-state index >= 15 is 0 Å². The molecule has 1 amide bonds. The number of carbonyl (C=O) groups excluding carboxylic acids is 3. The number of aromatic nitrogens is 4. The van der Waals surface area contributed by atoms with E-state index in [2.05, 4.69) is 25.3 Å². The maximum Gasteiger partial charge on any atom is 0.330 e. The lowest BCUT2D eigenvalue weighted by atomic mass is 10.1. The monoisotopic (exact) mass is 648 g/mol. The van der Waals surface area contributed by atoms with Crippen LogP contribution in [0.3, 0.4) is 0 Å². The first-order chi connectivity index (χ1) is 21.6. The zero-order valence-electron chi connectivity index (χ0n) is 24.7. The number of amides is 1. The van der Waals surface area contributed by atoms with E-state index in [1.807, 2.05) is 0 Å². The summed E-state index contributed by atoms with van der Waals surface area (Å²) in [6.07, 6.45) is 15.2. The molecule has 0 aliphatic heterocycles. The van der Waals surface area contributed by atoms with Gasteiger partial charge in [-0.25, -0.2) is 9.59 Å². The minimum atomic E-state index is -0.470. The van der Waals surface area contributed by atoms with Crippen molar-refractivity contribution in [1.82, 2.24) is 19.9 Å². The van der Waals surface area contributed by atoms with Crippen molar-refractivity contribution in [2.45, 2.75) is 20.8 Å². The number of nitrogen functional groups attached to an aromatic ring is 1. The molecule has 45 heavy (non-hydrogen) atoms. The number of nitrogens with two attached hydrogens (primary N) is 1. The Morgan fingerprint density at radius 1 is 0.778 bits per heavy atom. The number of ether oxygens (including phenoxy) is 2. The molecule has 0 unspecified atom stereocenters. The Balaban J connectivity index is 0.000000248. The number of nitrogens with one attached hydrogen (secondary N) is 1. The number of nitrogens with zero attached hydrogens (tertiary/aromatic N) is 4. The van der Waals surface area contributed by atoms with Crippen molar-refractivity contribution >= 4 is 64.6 Å². The van der Waals surface area contributed by atoms with Gasteiger partial charge in [-0.1, -0.05) is 23.2 Å². The average molecular weight is 650 g/mol. The molecule has 0 radical (unpaired) electrons. The van der Waals surface area contributed by atoms with E-state index < -0.39 is 11.9 Å².